The number of anilines is 1. The van der Waals surface area contributed by atoms with Crippen LogP contribution in [0.25, 0.3) is 0 Å². The Hall–Kier alpha value is -0.680. The van der Waals surface area contributed by atoms with Gasteiger partial charge in [0.1, 0.15) is 11.6 Å². The summed E-state index contributed by atoms with van der Waals surface area (Å²) in [5, 5.41) is 3.23. The largest absolute Gasteiger partial charge is 0.379 e. The van der Waals surface area contributed by atoms with Gasteiger partial charge in [-0.15, -0.1) is 0 Å². The summed E-state index contributed by atoms with van der Waals surface area (Å²) in [5.74, 6) is -1.12. The third kappa shape index (κ3) is 2.84. The molecule has 0 radical (unpaired) electrons. The molecule has 0 bridgehead atoms. The first kappa shape index (κ1) is 14.3. The highest BCUT2D eigenvalue weighted by atomic mass is 79.9. The van der Waals surface area contributed by atoms with E-state index >= 15 is 0 Å². The van der Waals surface area contributed by atoms with Gasteiger partial charge in [0.15, 0.2) is 0 Å². The normalized spacial score (nSPS) is 25.1. The van der Waals surface area contributed by atoms with Gasteiger partial charge in [0, 0.05) is 23.2 Å². The highest BCUT2D eigenvalue weighted by Gasteiger charge is 2.40. The van der Waals surface area contributed by atoms with E-state index in [2.05, 4.69) is 21.2 Å². The number of halogens is 3. The van der Waals surface area contributed by atoms with E-state index < -0.39 is 11.6 Å². The van der Waals surface area contributed by atoms with E-state index in [1.165, 1.54) is 18.9 Å². The molecule has 0 aromatic heterocycles. The second-order valence-electron chi connectivity index (χ2n) is 5.82. The fraction of sp³-hybridized carbons (Fsp3) is 0.600. The molecular formula is C15H18BrF2NO. The third-order valence-electron chi connectivity index (χ3n) is 4.36. The Morgan fingerprint density at radius 2 is 2.00 bits per heavy atom. The maximum absolute atomic E-state index is 13.9. The first-order valence-corrected chi connectivity index (χ1v) is 7.92. The number of hydrogen-bond acceptors (Lipinski definition) is 2. The molecule has 1 N–H and O–H groups in total. The molecule has 1 atom stereocenters. The van der Waals surface area contributed by atoms with Crippen molar-refractivity contribution < 1.29 is 13.5 Å². The van der Waals surface area contributed by atoms with Crippen molar-refractivity contribution in [2.45, 2.75) is 50.2 Å². The topological polar surface area (TPSA) is 21.3 Å². The zero-order valence-corrected chi connectivity index (χ0v) is 12.8. The number of hydrogen-bond donors (Lipinski definition) is 1. The van der Waals surface area contributed by atoms with Crippen LogP contribution in [0.15, 0.2) is 16.6 Å². The van der Waals surface area contributed by atoms with Crippen molar-refractivity contribution in [1.82, 2.24) is 0 Å². The molecule has 1 saturated carbocycles. The molecule has 1 heterocycles. The molecule has 5 heteroatoms. The van der Waals surface area contributed by atoms with Crippen LogP contribution in [0.4, 0.5) is 14.5 Å². The maximum atomic E-state index is 13.9. The summed E-state index contributed by atoms with van der Waals surface area (Å²) in [7, 11) is 0. The lowest BCUT2D eigenvalue weighted by Gasteiger charge is -2.39. The molecule has 1 aromatic carbocycles. The number of nitrogens with one attached hydrogen (secondary N) is 1. The highest BCUT2D eigenvalue weighted by molar-refractivity contribution is 9.10. The molecule has 1 spiro atoms. The van der Waals surface area contributed by atoms with Gasteiger partial charge in [-0.1, -0.05) is 12.8 Å². The predicted molar refractivity (Wildman–Crippen MR) is 77.9 cm³/mol. The molecule has 2 aliphatic rings. The first-order chi connectivity index (χ1) is 9.58. The summed E-state index contributed by atoms with van der Waals surface area (Å²) in [4.78, 5) is 0. The van der Waals surface area contributed by atoms with Crippen LogP contribution in [-0.4, -0.2) is 18.2 Å². The lowest BCUT2D eigenvalue weighted by Crippen LogP contribution is -2.42. The van der Waals surface area contributed by atoms with Crippen molar-refractivity contribution in [3.63, 3.8) is 0 Å². The zero-order valence-electron chi connectivity index (χ0n) is 11.2. The summed E-state index contributed by atoms with van der Waals surface area (Å²) in [6.45, 7) is 0.706. The molecule has 1 aliphatic heterocycles. The standard InChI is InChI=1S/C15H18BrF2NO/c16-12-7-10(17)8-13(18)14(12)19-11-3-6-20-15(9-11)4-1-2-5-15/h7-8,11,19H,1-6,9H2. The number of benzene rings is 1. The average molecular weight is 346 g/mol. The van der Waals surface area contributed by atoms with Crippen LogP contribution in [0.2, 0.25) is 0 Å². The predicted octanol–water partition coefficient (Wildman–Crippen LogP) is 4.63. The molecule has 1 aliphatic carbocycles. The second-order valence-corrected chi connectivity index (χ2v) is 6.67. The Bertz CT molecular complexity index is 480. The van der Waals surface area contributed by atoms with E-state index in [9.17, 15) is 8.78 Å². The Balaban J connectivity index is 1.74. The van der Waals surface area contributed by atoms with Crippen molar-refractivity contribution in [3.05, 3.63) is 28.2 Å². The minimum Gasteiger partial charge on any atom is -0.379 e. The summed E-state index contributed by atoms with van der Waals surface area (Å²) in [5.41, 5.74) is 0.338. The quantitative estimate of drug-likeness (QED) is 0.843. The van der Waals surface area contributed by atoms with Gasteiger partial charge in [0.05, 0.1) is 11.3 Å². The van der Waals surface area contributed by atoms with Gasteiger partial charge in [-0.05, 0) is 47.7 Å². The van der Waals surface area contributed by atoms with Crippen LogP contribution in [-0.2, 0) is 4.74 Å². The number of rotatable bonds is 2. The van der Waals surface area contributed by atoms with Gasteiger partial charge in [-0.25, -0.2) is 8.78 Å². The van der Waals surface area contributed by atoms with Crippen molar-refractivity contribution in [1.29, 1.82) is 0 Å². The van der Waals surface area contributed by atoms with Gasteiger partial charge in [0.25, 0.3) is 0 Å². The zero-order chi connectivity index (χ0) is 14.2. The molecule has 2 nitrogen and oxygen atoms in total. The summed E-state index contributed by atoms with van der Waals surface area (Å²) < 4.78 is 33.4. The molecule has 1 unspecified atom stereocenters. The molecule has 3 rings (SSSR count). The maximum Gasteiger partial charge on any atom is 0.150 e. The van der Waals surface area contributed by atoms with Gasteiger partial charge in [-0.3, -0.25) is 0 Å². The van der Waals surface area contributed by atoms with E-state index in [0.29, 0.717) is 16.8 Å². The monoisotopic (exact) mass is 345 g/mol. The van der Waals surface area contributed by atoms with Gasteiger partial charge >= 0.3 is 0 Å². The SMILES string of the molecule is Fc1cc(F)c(NC2CCOC3(CCCC3)C2)c(Br)c1. The lowest BCUT2D eigenvalue weighted by molar-refractivity contribution is -0.0767. The third-order valence-corrected chi connectivity index (χ3v) is 4.99. The highest BCUT2D eigenvalue weighted by Crippen LogP contribution is 2.41. The first-order valence-electron chi connectivity index (χ1n) is 7.13. The Kier molecular flexibility index (Phi) is 4.00. The van der Waals surface area contributed by atoms with E-state index in [1.807, 2.05) is 0 Å². The van der Waals surface area contributed by atoms with Crippen molar-refractivity contribution >= 4 is 21.6 Å². The Morgan fingerprint density at radius 1 is 1.25 bits per heavy atom. The van der Waals surface area contributed by atoms with Crippen LogP contribution in [0.5, 0.6) is 0 Å². The van der Waals surface area contributed by atoms with Crippen LogP contribution in [0, 0.1) is 11.6 Å². The smallest absolute Gasteiger partial charge is 0.150 e. The average Bonchev–Trinajstić information content (AvgIpc) is 2.82. The van der Waals surface area contributed by atoms with E-state index in [4.69, 9.17) is 4.74 Å². The minimum absolute atomic E-state index is 0.0150. The Labute approximate surface area is 126 Å². The molecule has 20 heavy (non-hydrogen) atoms. The number of ether oxygens (including phenoxy) is 1. The molecule has 2 fully saturated rings. The van der Waals surface area contributed by atoms with Gasteiger partial charge in [-0.2, -0.15) is 0 Å². The van der Waals surface area contributed by atoms with Crippen LogP contribution < -0.4 is 5.32 Å². The molecule has 0 amide bonds. The van der Waals surface area contributed by atoms with Crippen molar-refractivity contribution in [2.24, 2.45) is 0 Å². The minimum atomic E-state index is -0.570. The van der Waals surface area contributed by atoms with E-state index in [0.717, 1.165) is 31.7 Å². The van der Waals surface area contributed by atoms with E-state index in [1.54, 1.807) is 0 Å². The van der Waals surface area contributed by atoms with Crippen LogP contribution >= 0.6 is 15.9 Å². The van der Waals surface area contributed by atoms with Crippen LogP contribution in [0.1, 0.15) is 38.5 Å². The summed E-state index contributed by atoms with van der Waals surface area (Å²) in [6, 6.07) is 2.38. The van der Waals surface area contributed by atoms with Gasteiger partial charge < -0.3 is 10.1 Å². The van der Waals surface area contributed by atoms with Crippen LogP contribution in [0.3, 0.4) is 0 Å². The molecular weight excluding hydrogens is 328 g/mol. The summed E-state index contributed by atoms with van der Waals surface area (Å²) in [6.07, 6.45) is 6.36. The molecule has 1 aromatic rings. The second kappa shape index (κ2) is 5.60. The summed E-state index contributed by atoms with van der Waals surface area (Å²) >= 11 is 3.23. The fourth-order valence-corrected chi connectivity index (χ4v) is 3.93. The van der Waals surface area contributed by atoms with E-state index in [-0.39, 0.29) is 11.6 Å². The van der Waals surface area contributed by atoms with Gasteiger partial charge in [0.2, 0.25) is 0 Å². The van der Waals surface area contributed by atoms with Crippen molar-refractivity contribution in [2.75, 3.05) is 11.9 Å². The molecule has 1 saturated heterocycles. The lowest BCUT2D eigenvalue weighted by atomic mass is 9.89. The molecule has 110 valence electrons. The Morgan fingerprint density at radius 3 is 2.70 bits per heavy atom. The van der Waals surface area contributed by atoms with Crippen molar-refractivity contribution in [3.8, 4) is 0 Å². The fourth-order valence-electron chi connectivity index (χ4n) is 3.40.